The zero-order valence-corrected chi connectivity index (χ0v) is 18.4. The van der Waals surface area contributed by atoms with E-state index in [-0.39, 0.29) is 11.8 Å². The normalized spacial score (nSPS) is 15.5. The van der Waals surface area contributed by atoms with Gasteiger partial charge in [-0.25, -0.2) is 14.5 Å². The van der Waals surface area contributed by atoms with E-state index in [1.54, 1.807) is 23.0 Å². The van der Waals surface area contributed by atoms with Gasteiger partial charge in [-0.05, 0) is 49.4 Å². The van der Waals surface area contributed by atoms with Crippen molar-refractivity contribution in [1.82, 2.24) is 24.8 Å². The number of rotatable bonds is 3. The summed E-state index contributed by atoms with van der Waals surface area (Å²) >= 11 is 0. The molecule has 6 rings (SSSR count). The van der Waals surface area contributed by atoms with Gasteiger partial charge in [0.25, 0.3) is 11.8 Å². The number of aromatic nitrogens is 3. The van der Waals surface area contributed by atoms with E-state index in [0.29, 0.717) is 11.1 Å². The third-order valence-electron chi connectivity index (χ3n) is 6.32. The number of benzene rings is 2. The maximum atomic E-state index is 12.9. The number of carbonyl (C=O) groups excluding carboxylic acids is 2. The molecule has 1 N–H and O–H groups in total. The third-order valence-corrected chi connectivity index (χ3v) is 6.32. The highest BCUT2D eigenvalue weighted by Gasteiger charge is 2.19. The van der Waals surface area contributed by atoms with Gasteiger partial charge < -0.3 is 10.2 Å². The number of imidazole rings is 1. The molecule has 1 fully saturated rings. The minimum atomic E-state index is -0.213. The summed E-state index contributed by atoms with van der Waals surface area (Å²) in [5.41, 5.74) is 6.25. The zero-order chi connectivity index (χ0) is 23.1. The van der Waals surface area contributed by atoms with Crippen molar-refractivity contribution < 1.29 is 9.59 Å². The number of carbonyl (C=O) groups is 2. The largest absolute Gasteiger partial charge is 0.337 e. The summed E-state index contributed by atoms with van der Waals surface area (Å²) in [6.45, 7) is 3.28. The fourth-order valence-corrected chi connectivity index (χ4v) is 4.46. The van der Waals surface area contributed by atoms with Gasteiger partial charge in [-0.15, -0.1) is 0 Å². The minimum absolute atomic E-state index is 0.0641. The van der Waals surface area contributed by atoms with Crippen LogP contribution in [0, 0.1) is 0 Å². The lowest BCUT2D eigenvalue weighted by atomic mass is 10.0. The molecule has 2 aromatic carbocycles. The summed E-state index contributed by atoms with van der Waals surface area (Å²) < 4.78 is 1.80. The highest BCUT2D eigenvalue weighted by molar-refractivity contribution is 6.13. The van der Waals surface area contributed by atoms with E-state index in [1.165, 1.54) is 0 Å². The Morgan fingerprint density at radius 1 is 0.941 bits per heavy atom. The molecule has 4 aromatic rings. The van der Waals surface area contributed by atoms with Gasteiger partial charge in [-0.3, -0.25) is 9.59 Å². The summed E-state index contributed by atoms with van der Waals surface area (Å²) in [6.07, 6.45) is 4.34. The highest BCUT2D eigenvalue weighted by atomic mass is 16.2. The van der Waals surface area contributed by atoms with Crippen molar-refractivity contribution in [1.29, 1.82) is 0 Å². The second-order valence-corrected chi connectivity index (χ2v) is 8.47. The van der Waals surface area contributed by atoms with Crippen molar-refractivity contribution in [3.05, 3.63) is 77.5 Å². The first-order valence-corrected chi connectivity index (χ1v) is 11.4. The lowest BCUT2D eigenvalue weighted by Crippen LogP contribution is -2.34. The predicted octanol–water partition coefficient (Wildman–Crippen LogP) is 3.07. The fourth-order valence-electron chi connectivity index (χ4n) is 4.46. The summed E-state index contributed by atoms with van der Waals surface area (Å²) in [7, 11) is 0. The monoisotopic (exact) mass is 450 g/mol. The highest BCUT2D eigenvalue weighted by Crippen LogP contribution is 2.26. The molecule has 8 heteroatoms. The van der Waals surface area contributed by atoms with Crippen LogP contribution in [0.3, 0.4) is 0 Å². The SMILES string of the molecule is O=C1N=Cc2cc(-c3cnc4ccc(-c5ccc(C(=O)N6CCCNCC6)cc5)nn34)ccc21. The lowest BCUT2D eigenvalue weighted by Gasteiger charge is -2.20. The number of hydrogen-bond donors (Lipinski definition) is 1. The molecular weight excluding hydrogens is 428 g/mol. The molecule has 2 aromatic heterocycles. The standard InChI is InChI=1S/C26H22N6O2/c33-25-21-7-6-19(14-20(21)15-29-25)23-16-28-24-9-8-22(30-32(23)24)17-2-4-18(5-3-17)26(34)31-12-1-10-27-11-13-31/h2-9,14-16,27H,1,10-13H2. The zero-order valence-electron chi connectivity index (χ0n) is 18.4. The molecule has 2 amide bonds. The average molecular weight is 451 g/mol. The van der Waals surface area contributed by atoms with Crippen LogP contribution in [0.15, 0.2) is 65.8 Å². The van der Waals surface area contributed by atoms with Gasteiger partial charge in [0.2, 0.25) is 0 Å². The van der Waals surface area contributed by atoms with E-state index >= 15 is 0 Å². The number of fused-ring (bicyclic) bond motifs is 2. The van der Waals surface area contributed by atoms with Crippen LogP contribution in [-0.4, -0.2) is 63.7 Å². The first-order valence-electron chi connectivity index (χ1n) is 11.4. The van der Waals surface area contributed by atoms with Gasteiger partial charge in [0, 0.05) is 48.1 Å². The van der Waals surface area contributed by atoms with Gasteiger partial charge in [-0.1, -0.05) is 18.2 Å². The first-order chi connectivity index (χ1) is 16.7. The van der Waals surface area contributed by atoms with Crippen LogP contribution in [0.25, 0.3) is 28.2 Å². The Morgan fingerprint density at radius 3 is 2.68 bits per heavy atom. The molecule has 4 heterocycles. The smallest absolute Gasteiger partial charge is 0.277 e. The van der Waals surface area contributed by atoms with Crippen LogP contribution in [0.2, 0.25) is 0 Å². The van der Waals surface area contributed by atoms with Crippen LogP contribution < -0.4 is 5.32 Å². The molecule has 0 aliphatic carbocycles. The van der Waals surface area contributed by atoms with Crippen LogP contribution in [0.4, 0.5) is 0 Å². The van der Waals surface area contributed by atoms with E-state index in [0.717, 1.165) is 66.3 Å². The Kier molecular flexibility index (Phi) is 5.00. The molecule has 8 nitrogen and oxygen atoms in total. The molecular formula is C26H22N6O2. The second kappa shape index (κ2) is 8.31. The van der Waals surface area contributed by atoms with Crippen molar-refractivity contribution >= 4 is 23.7 Å². The average Bonchev–Trinajstić information content (AvgIpc) is 3.35. The number of hydrogen-bond acceptors (Lipinski definition) is 5. The van der Waals surface area contributed by atoms with Crippen molar-refractivity contribution in [2.24, 2.45) is 4.99 Å². The number of aliphatic imine (C=N–C) groups is 1. The first kappa shape index (κ1) is 20.4. The molecule has 34 heavy (non-hydrogen) atoms. The second-order valence-electron chi connectivity index (χ2n) is 8.47. The van der Waals surface area contributed by atoms with Gasteiger partial charge >= 0.3 is 0 Å². The molecule has 0 bridgehead atoms. The molecule has 0 unspecified atom stereocenters. The predicted molar refractivity (Wildman–Crippen MR) is 129 cm³/mol. The molecule has 0 saturated carbocycles. The van der Waals surface area contributed by atoms with E-state index in [1.807, 2.05) is 53.4 Å². The molecule has 2 aliphatic rings. The van der Waals surface area contributed by atoms with E-state index in [4.69, 9.17) is 5.10 Å². The van der Waals surface area contributed by atoms with Gasteiger partial charge in [-0.2, -0.15) is 5.10 Å². The molecule has 0 atom stereocenters. The number of amides is 2. The Bertz CT molecular complexity index is 1450. The van der Waals surface area contributed by atoms with E-state index in [2.05, 4.69) is 15.3 Å². The van der Waals surface area contributed by atoms with Crippen LogP contribution in [-0.2, 0) is 0 Å². The summed E-state index contributed by atoms with van der Waals surface area (Å²) in [4.78, 5) is 34.9. The molecule has 168 valence electrons. The third kappa shape index (κ3) is 3.58. The van der Waals surface area contributed by atoms with Crippen molar-refractivity contribution in [2.75, 3.05) is 26.2 Å². The topological polar surface area (TPSA) is 92.0 Å². The summed E-state index contributed by atoms with van der Waals surface area (Å²) in [5.74, 6) is -0.149. The maximum Gasteiger partial charge on any atom is 0.277 e. The Balaban J connectivity index is 1.30. The Labute approximate surface area is 196 Å². The van der Waals surface area contributed by atoms with E-state index in [9.17, 15) is 9.59 Å². The Hall–Kier alpha value is -4.17. The molecule has 2 aliphatic heterocycles. The quantitative estimate of drug-likeness (QED) is 0.518. The van der Waals surface area contributed by atoms with Crippen molar-refractivity contribution in [2.45, 2.75) is 6.42 Å². The molecule has 0 spiro atoms. The van der Waals surface area contributed by atoms with Gasteiger partial charge in [0.15, 0.2) is 5.65 Å². The van der Waals surface area contributed by atoms with Crippen LogP contribution in [0.1, 0.15) is 32.7 Å². The van der Waals surface area contributed by atoms with E-state index < -0.39 is 0 Å². The van der Waals surface area contributed by atoms with Crippen LogP contribution >= 0.6 is 0 Å². The fraction of sp³-hybridized carbons (Fsp3) is 0.192. The van der Waals surface area contributed by atoms with Crippen molar-refractivity contribution in [3.8, 4) is 22.5 Å². The van der Waals surface area contributed by atoms with Crippen molar-refractivity contribution in [3.63, 3.8) is 0 Å². The molecule has 0 radical (unpaired) electrons. The van der Waals surface area contributed by atoms with Crippen LogP contribution in [0.5, 0.6) is 0 Å². The van der Waals surface area contributed by atoms with Gasteiger partial charge in [0.05, 0.1) is 23.1 Å². The number of nitrogens with zero attached hydrogens (tertiary/aromatic N) is 5. The minimum Gasteiger partial charge on any atom is -0.337 e. The number of nitrogens with one attached hydrogen (secondary N) is 1. The Morgan fingerprint density at radius 2 is 1.79 bits per heavy atom. The van der Waals surface area contributed by atoms with Gasteiger partial charge in [0.1, 0.15) is 0 Å². The molecule has 1 saturated heterocycles. The summed E-state index contributed by atoms with van der Waals surface area (Å²) in [5, 5.41) is 8.14. The summed E-state index contributed by atoms with van der Waals surface area (Å²) in [6, 6.07) is 17.1. The lowest BCUT2D eigenvalue weighted by molar-refractivity contribution is 0.0766. The maximum absolute atomic E-state index is 12.9.